The topological polar surface area (TPSA) is 16.4 Å². The van der Waals surface area contributed by atoms with Crippen molar-refractivity contribution in [1.82, 2.24) is 0 Å². The molecule has 2 nitrogen and oxygen atoms in total. The first-order chi connectivity index (χ1) is 28.7. The van der Waals surface area contributed by atoms with E-state index in [1.807, 2.05) is 12.1 Å². The normalized spacial score (nSPS) is 11.4. The Bertz CT molecular complexity index is 3210. The van der Waals surface area contributed by atoms with Crippen LogP contribution in [-0.2, 0) is 0 Å². The molecule has 0 fully saturated rings. The Hall–Kier alpha value is -7.68. The van der Waals surface area contributed by atoms with Gasteiger partial charge in [0.2, 0.25) is 0 Å². The minimum absolute atomic E-state index is 0.897. The Morgan fingerprint density at radius 2 is 0.845 bits per heavy atom. The third-order valence-corrected chi connectivity index (χ3v) is 11.4. The van der Waals surface area contributed by atoms with Crippen LogP contribution in [0.1, 0.15) is 0 Å². The number of para-hydroxylation sites is 1. The first kappa shape index (κ1) is 33.6. The first-order valence-corrected chi connectivity index (χ1v) is 19.8. The third-order valence-electron chi connectivity index (χ3n) is 11.4. The summed E-state index contributed by atoms with van der Waals surface area (Å²) in [6, 6.07) is 80.9. The fourth-order valence-corrected chi connectivity index (χ4v) is 8.59. The number of rotatable bonds is 7. The number of benzene rings is 10. The number of furan rings is 1. The van der Waals surface area contributed by atoms with Crippen LogP contribution in [0, 0.1) is 0 Å². The van der Waals surface area contributed by atoms with Gasteiger partial charge in [0, 0.05) is 27.8 Å². The molecule has 58 heavy (non-hydrogen) atoms. The second kappa shape index (κ2) is 14.1. The Labute approximate surface area is 337 Å². The summed E-state index contributed by atoms with van der Waals surface area (Å²) in [5.74, 6) is 0. The molecule has 1 heterocycles. The Kier molecular flexibility index (Phi) is 8.19. The van der Waals surface area contributed by atoms with Crippen molar-refractivity contribution in [2.45, 2.75) is 0 Å². The van der Waals surface area contributed by atoms with Crippen LogP contribution in [0.15, 0.2) is 229 Å². The molecular weight excluding hydrogens is 703 g/mol. The van der Waals surface area contributed by atoms with Crippen LogP contribution in [0.4, 0.5) is 17.1 Å². The molecule has 10 aromatic carbocycles. The lowest BCUT2D eigenvalue weighted by molar-refractivity contribution is 0.669. The smallest absolute Gasteiger partial charge is 0.135 e. The van der Waals surface area contributed by atoms with Gasteiger partial charge >= 0.3 is 0 Å². The molecule has 0 spiro atoms. The van der Waals surface area contributed by atoms with Gasteiger partial charge in [-0.2, -0.15) is 0 Å². The molecule has 0 radical (unpaired) electrons. The van der Waals surface area contributed by atoms with Gasteiger partial charge in [-0.25, -0.2) is 0 Å². The van der Waals surface area contributed by atoms with Gasteiger partial charge in [0.05, 0.1) is 0 Å². The number of nitrogens with zero attached hydrogens (tertiary/aromatic N) is 1. The maximum atomic E-state index is 6.19. The SMILES string of the molecule is c1ccc(-c2cc(-c3ccccc3)cc(N(c3ccc(-c4cccc5c4ccc4ccccc45)cc3)c3cccc(-c4ccc5oc6ccccc6c5c4)c3)c2)cc1. The Morgan fingerprint density at radius 1 is 0.259 bits per heavy atom. The Balaban J connectivity index is 1.08. The van der Waals surface area contributed by atoms with Crippen molar-refractivity contribution < 1.29 is 4.42 Å². The van der Waals surface area contributed by atoms with E-state index >= 15 is 0 Å². The number of hydrogen-bond acceptors (Lipinski definition) is 2. The van der Waals surface area contributed by atoms with Gasteiger partial charge in [0.25, 0.3) is 0 Å². The van der Waals surface area contributed by atoms with Crippen LogP contribution >= 0.6 is 0 Å². The van der Waals surface area contributed by atoms with Crippen LogP contribution in [0.5, 0.6) is 0 Å². The summed E-state index contributed by atoms with van der Waals surface area (Å²) in [6.45, 7) is 0. The predicted octanol–water partition coefficient (Wildman–Crippen LogP) is 16.0. The van der Waals surface area contributed by atoms with Gasteiger partial charge in [-0.15, -0.1) is 0 Å². The van der Waals surface area contributed by atoms with Crippen molar-refractivity contribution in [2.24, 2.45) is 0 Å². The second-order valence-electron chi connectivity index (χ2n) is 14.9. The van der Waals surface area contributed by atoms with Gasteiger partial charge in [0.1, 0.15) is 11.2 Å². The lowest BCUT2D eigenvalue weighted by Crippen LogP contribution is -2.10. The molecule has 0 aliphatic carbocycles. The van der Waals surface area contributed by atoms with Crippen molar-refractivity contribution in [1.29, 1.82) is 0 Å². The zero-order valence-electron chi connectivity index (χ0n) is 31.7. The predicted molar refractivity (Wildman–Crippen MR) is 245 cm³/mol. The molecule has 0 atom stereocenters. The molecule has 2 heteroatoms. The lowest BCUT2D eigenvalue weighted by atomic mass is 9.94. The van der Waals surface area contributed by atoms with E-state index in [2.05, 4.69) is 217 Å². The summed E-state index contributed by atoms with van der Waals surface area (Å²) >= 11 is 0. The van der Waals surface area contributed by atoms with Crippen molar-refractivity contribution in [2.75, 3.05) is 4.90 Å². The molecular formula is C56H37NO. The van der Waals surface area contributed by atoms with Crippen molar-refractivity contribution in [3.05, 3.63) is 224 Å². The van der Waals surface area contributed by atoms with E-state index in [9.17, 15) is 0 Å². The molecule has 0 amide bonds. The maximum absolute atomic E-state index is 6.19. The van der Waals surface area contributed by atoms with Crippen LogP contribution in [0.2, 0.25) is 0 Å². The van der Waals surface area contributed by atoms with Gasteiger partial charge in [-0.05, 0) is 127 Å². The monoisotopic (exact) mass is 739 g/mol. The molecule has 0 N–H and O–H groups in total. The number of anilines is 3. The van der Waals surface area contributed by atoms with E-state index in [4.69, 9.17) is 4.42 Å². The zero-order valence-corrected chi connectivity index (χ0v) is 31.7. The molecule has 0 aliphatic heterocycles. The molecule has 0 saturated heterocycles. The molecule has 272 valence electrons. The zero-order chi connectivity index (χ0) is 38.4. The maximum Gasteiger partial charge on any atom is 0.135 e. The van der Waals surface area contributed by atoms with Crippen LogP contribution < -0.4 is 4.90 Å². The van der Waals surface area contributed by atoms with Crippen LogP contribution in [0.3, 0.4) is 0 Å². The summed E-state index contributed by atoms with van der Waals surface area (Å²) < 4.78 is 6.19. The van der Waals surface area contributed by atoms with E-state index < -0.39 is 0 Å². The molecule has 0 aliphatic rings. The summed E-state index contributed by atoms with van der Waals surface area (Å²) in [5.41, 5.74) is 14.4. The summed E-state index contributed by atoms with van der Waals surface area (Å²) in [4.78, 5) is 2.40. The van der Waals surface area contributed by atoms with Gasteiger partial charge < -0.3 is 9.32 Å². The van der Waals surface area contributed by atoms with E-state index in [-0.39, 0.29) is 0 Å². The van der Waals surface area contributed by atoms with E-state index in [1.54, 1.807) is 0 Å². The second-order valence-corrected chi connectivity index (χ2v) is 14.9. The number of fused-ring (bicyclic) bond motifs is 6. The minimum Gasteiger partial charge on any atom is -0.456 e. The van der Waals surface area contributed by atoms with Crippen LogP contribution in [0.25, 0.3) is 88.0 Å². The highest BCUT2D eigenvalue weighted by Crippen LogP contribution is 2.43. The molecule has 0 unspecified atom stereocenters. The molecule has 0 saturated carbocycles. The fourth-order valence-electron chi connectivity index (χ4n) is 8.59. The average Bonchev–Trinajstić information content (AvgIpc) is 3.68. The molecule has 0 bridgehead atoms. The Morgan fingerprint density at radius 3 is 1.62 bits per heavy atom. The summed E-state index contributed by atoms with van der Waals surface area (Å²) in [6.07, 6.45) is 0. The van der Waals surface area contributed by atoms with E-state index in [1.165, 1.54) is 43.8 Å². The highest BCUT2D eigenvalue weighted by molar-refractivity contribution is 6.12. The summed E-state index contributed by atoms with van der Waals surface area (Å²) in [7, 11) is 0. The standard InChI is InChI=1S/C56H37NO/c1-3-13-38(14-4-1)44-33-45(39-15-5-2-6-16-39)36-48(35-44)57(47-19-11-18-42(34-47)43-28-32-56-54(37-43)53-21-9-10-24-55(53)58-56)46-29-25-41(26-30-46)50-22-12-23-51-49-20-8-7-17-40(49)27-31-52(50)51/h1-37H. The first-order valence-electron chi connectivity index (χ1n) is 19.8. The fraction of sp³-hybridized carbons (Fsp3) is 0. The van der Waals surface area contributed by atoms with E-state index in [0.717, 1.165) is 61.3 Å². The largest absolute Gasteiger partial charge is 0.456 e. The third kappa shape index (κ3) is 6.00. The summed E-state index contributed by atoms with van der Waals surface area (Å²) in [5, 5.41) is 7.30. The van der Waals surface area contributed by atoms with Crippen molar-refractivity contribution in [3.63, 3.8) is 0 Å². The van der Waals surface area contributed by atoms with Gasteiger partial charge in [0.15, 0.2) is 0 Å². The molecule has 11 rings (SSSR count). The van der Waals surface area contributed by atoms with Gasteiger partial charge in [-0.1, -0.05) is 164 Å². The van der Waals surface area contributed by atoms with Crippen LogP contribution in [-0.4, -0.2) is 0 Å². The number of hydrogen-bond donors (Lipinski definition) is 0. The highest BCUT2D eigenvalue weighted by atomic mass is 16.3. The van der Waals surface area contributed by atoms with Crippen molar-refractivity contribution in [3.8, 4) is 44.5 Å². The highest BCUT2D eigenvalue weighted by Gasteiger charge is 2.18. The van der Waals surface area contributed by atoms with E-state index in [0.29, 0.717) is 0 Å². The molecule has 1 aromatic heterocycles. The minimum atomic E-state index is 0.897. The van der Waals surface area contributed by atoms with Crippen molar-refractivity contribution >= 4 is 60.5 Å². The quantitative estimate of drug-likeness (QED) is 0.151. The average molecular weight is 740 g/mol. The molecule has 11 aromatic rings. The lowest BCUT2D eigenvalue weighted by Gasteiger charge is -2.27. The van der Waals surface area contributed by atoms with Gasteiger partial charge in [-0.3, -0.25) is 0 Å².